The van der Waals surface area contributed by atoms with Gasteiger partial charge in [-0.3, -0.25) is 9.59 Å². The zero-order valence-corrected chi connectivity index (χ0v) is 13.7. The summed E-state index contributed by atoms with van der Waals surface area (Å²) in [5.74, 6) is -4.07. The number of hydrogen-bond acceptors (Lipinski definition) is 2. The molecule has 24 heavy (non-hydrogen) atoms. The van der Waals surface area contributed by atoms with Crippen molar-refractivity contribution in [2.75, 3.05) is 0 Å². The third-order valence-corrected chi connectivity index (χ3v) is 4.31. The average Bonchev–Trinajstić information content (AvgIpc) is 2.59. The molecule has 2 rings (SSSR count). The number of aliphatic carboxylic acids is 2. The summed E-state index contributed by atoms with van der Waals surface area (Å²) in [6, 6.07) is 16.8. The molecule has 0 amide bonds. The molecule has 2 aromatic carbocycles. The number of aryl methyl sites for hydroxylation is 1. The lowest BCUT2D eigenvalue weighted by Crippen LogP contribution is -2.33. The van der Waals surface area contributed by atoms with Gasteiger partial charge in [0.05, 0.1) is 11.8 Å². The van der Waals surface area contributed by atoms with Gasteiger partial charge in [-0.1, -0.05) is 61.5 Å². The molecule has 2 aromatic rings. The molecule has 0 saturated carbocycles. The van der Waals surface area contributed by atoms with Crippen LogP contribution in [0.2, 0.25) is 0 Å². The van der Waals surface area contributed by atoms with E-state index in [-0.39, 0.29) is 12.8 Å². The van der Waals surface area contributed by atoms with Gasteiger partial charge in [0.2, 0.25) is 0 Å². The Hall–Kier alpha value is -2.62. The van der Waals surface area contributed by atoms with Crippen LogP contribution in [0.15, 0.2) is 54.6 Å². The monoisotopic (exact) mass is 326 g/mol. The first-order valence-electron chi connectivity index (χ1n) is 8.08. The molecule has 4 nitrogen and oxygen atoms in total. The zero-order chi connectivity index (χ0) is 17.5. The average molecular weight is 326 g/mol. The SMILES string of the molecule is CCc1ccc(C[C@H](C(=O)O)[C@H](Cc2ccccc2)C(=O)O)cc1. The van der Waals surface area contributed by atoms with Crippen molar-refractivity contribution in [1.82, 2.24) is 0 Å². The minimum absolute atomic E-state index is 0.209. The Kier molecular flexibility index (Phi) is 6.13. The van der Waals surface area contributed by atoms with Gasteiger partial charge in [-0.25, -0.2) is 0 Å². The Morgan fingerprint density at radius 3 is 1.58 bits per heavy atom. The van der Waals surface area contributed by atoms with Gasteiger partial charge in [0.1, 0.15) is 0 Å². The molecule has 0 aromatic heterocycles. The Morgan fingerprint density at radius 1 is 0.750 bits per heavy atom. The Bertz CT molecular complexity index is 677. The third kappa shape index (κ3) is 4.69. The van der Waals surface area contributed by atoms with E-state index >= 15 is 0 Å². The lowest BCUT2D eigenvalue weighted by Gasteiger charge is -2.21. The number of benzene rings is 2. The highest BCUT2D eigenvalue weighted by atomic mass is 16.4. The number of hydrogen-bond donors (Lipinski definition) is 2. The van der Waals surface area contributed by atoms with Crippen LogP contribution < -0.4 is 0 Å². The number of rotatable bonds is 8. The zero-order valence-electron chi connectivity index (χ0n) is 13.7. The summed E-state index contributed by atoms with van der Waals surface area (Å²) in [5.41, 5.74) is 2.85. The molecular formula is C20H22O4. The van der Waals surface area contributed by atoms with E-state index in [4.69, 9.17) is 0 Å². The van der Waals surface area contributed by atoms with Crippen molar-refractivity contribution in [2.24, 2.45) is 11.8 Å². The van der Waals surface area contributed by atoms with Gasteiger partial charge in [-0.05, 0) is 36.0 Å². The van der Waals surface area contributed by atoms with E-state index in [2.05, 4.69) is 6.92 Å². The smallest absolute Gasteiger partial charge is 0.307 e. The quantitative estimate of drug-likeness (QED) is 0.779. The highest BCUT2D eigenvalue weighted by Gasteiger charge is 2.33. The molecule has 0 saturated heterocycles. The van der Waals surface area contributed by atoms with Gasteiger partial charge in [0.25, 0.3) is 0 Å². The lowest BCUT2D eigenvalue weighted by atomic mass is 9.82. The van der Waals surface area contributed by atoms with Crippen LogP contribution in [0.25, 0.3) is 0 Å². The summed E-state index contributed by atoms with van der Waals surface area (Å²) >= 11 is 0. The largest absolute Gasteiger partial charge is 0.481 e. The van der Waals surface area contributed by atoms with Crippen molar-refractivity contribution in [3.63, 3.8) is 0 Å². The van der Waals surface area contributed by atoms with E-state index in [0.717, 1.165) is 17.5 Å². The summed E-state index contributed by atoms with van der Waals surface area (Å²) < 4.78 is 0. The van der Waals surface area contributed by atoms with Gasteiger partial charge in [-0.15, -0.1) is 0 Å². The fourth-order valence-corrected chi connectivity index (χ4v) is 2.84. The predicted octanol–water partition coefficient (Wildman–Crippen LogP) is 3.44. The first kappa shape index (κ1) is 17.7. The second-order valence-corrected chi connectivity index (χ2v) is 5.95. The third-order valence-electron chi connectivity index (χ3n) is 4.31. The van der Waals surface area contributed by atoms with Crippen LogP contribution in [0.4, 0.5) is 0 Å². The van der Waals surface area contributed by atoms with Crippen LogP contribution in [0.3, 0.4) is 0 Å². The summed E-state index contributed by atoms with van der Waals surface area (Å²) in [7, 11) is 0. The number of carboxylic acid groups (broad SMARTS) is 2. The van der Waals surface area contributed by atoms with Gasteiger partial charge in [0, 0.05) is 0 Å². The van der Waals surface area contributed by atoms with Crippen LogP contribution in [0, 0.1) is 11.8 Å². The molecule has 0 heterocycles. The normalized spacial score (nSPS) is 13.2. The van der Waals surface area contributed by atoms with Crippen molar-refractivity contribution >= 4 is 11.9 Å². The topological polar surface area (TPSA) is 74.6 Å². The van der Waals surface area contributed by atoms with Gasteiger partial charge in [-0.2, -0.15) is 0 Å². The molecule has 0 bridgehead atoms. The summed E-state index contributed by atoms with van der Waals surface area (Å²) in [6.07, 6.45) is 1.33. The summed E-state index contributed by atoms with van der Waals surface area (Å²) in [4.78, 5) is 23.4. The number of carboxylic acids is 2. The molecule has 2 atom stereocenters. The molecule has 4 heteroatoms. The molecule has 0 aliphatic rings. The molecule has 0 radical (unpaired) electrons. The van der Waals surface area contributed by atoms with Crippen LogP contribution in [-0.2, 0) is 28.9 Å². The van der Waals surface area contributed by atoms with Crippen molar-refractivity contribution in [3.05, 3.63) is 71.3 Å². The Labute approximate surface area is 141 Å². The molecule has 2 N–H and O–H groups in total. The highest BCUT2D eigenvalue weighted by molar-refractivity contribution is 5.80. The predicted molar refractivity (Wildman–Crippen MR) is 91.9 cm³/mol. The van der Waals surface area contributed by atoms with Crippen LogP contribution in [0.5, 0.6) is 0 Å². The molecule has 0 fully saturated rings. The van der Waals surface area contributed by atoms with Crippen molar-refractivity contribution < 1.29 is 19.8 Å². The van der Waals surface area contributed by atoms with E-state index in [0.29, 0.717) is 0 Å². The first-order chi connectivity index (χ1) is 11.5. The van der Waals surface area contributed by atoms with Crippen molar-refractivity contribution in [3.8, 4) is 0 Å². The van der Waals surface area contributed by atoms with E-state index in [1.165, 1.54) is 5.56 Å². The summed E-state index contributed by atoms with van der Waals surface area (Å²) in [5, 5.41) is 19.1. The fraction of sp³-hybridized carbons (Fsp3) is 0.300. The van der Waals surface area contributed by atoms with Crippen molar-refractivity contribution in [1.29, 1.82) is 0 Å². The maximum absolute atomic E-state index is 11.7. The first-order valence-corrected chi connectivity index (χ1v) is 8.08. The maximum Gasteiger partial charge on any atom is 0.307 e. The second-order valence-electron chi connectivity index (χ2n) is 5.95. The molecule has 0 unspecified atom stereocenters. The molecular weight excluding hydrogens is 304 g/mol. The highest BCUT2D eigenvalue weighted by Crippen LogP contribution is 2.23. The van der Waals surface area contributed by atoms with E-state index in [9.17, 15) is 19.8 Å². The van der Waals surface area contributed by atoms with E-state index in [1.54, 1.807) is 0 Å². The van der Waals surface area contributed by atoms with Crippen molar-refractivity contribution in [2.45, 2.75) is 26.2 Å². The van der Waals surface area contributed by atoms with E-state index < -0.39 is 23.8 Å². The van der Waals surface area contributed by atoms with Crippen LogP contribution in [-0.4, -0.2) is 22.2 Å². The van der Waals surface area contributed by atoms with Gasteiger partial charge >= 0.3 is 11.9 Å². The standard InChI is InChI=1S/C20H22O4/c1-2-14-8-10-16(11-9-14)13-18(20(23)24)17(19(21)22)12-15-6-4-3-5-7-15/h3-11,17-18H,2,12-13H2,1H3,(H,21,22)(H,23,24)/t17-,18-/m0/s1. The van der Waals surface area contributed by atoms with Gasteiger partial charge < -0.3 is 10.2 Å². The summed E-state index contributed by atoms with van der Waals surface area (Å²) in [6.45, 7) is 2.05. The minimum atomic E-state index is -1.07. The van der Waals surface area contributed by atoms with Crippen LogP contribution in [0.1, 0.15) is 23.6 Å². The van der Waals surface area contributed by atoms with Gasteiger partial charge in [0.15, 0.2) is 0 Å². The molecule has 0 aliphatic carbocycles. The molecule has 0 spiro atoms. The van der Waals surface area contributed by atoms with E-state index in [1.807, 2.05) is 54.6 Å². The maximum atomic E-state index is 11.7. The Morgan fingerprint density at radius 2 is 1.17 bits per heavy atom. The van der Waals surface area contributed by atoms with Crippen LogP contribution >= 0.6 is 0 Å². The fourth-order valence-electron chi connectivity index (χ4n) is 2.84. The minimum Gasteiger partial charge on any atom is -0.481 e. The molecule has 0 aliphatic heterocycles. The lowest BCUT2D eigenvalue weighted by molar-refractivity contribution is -0.153. The number of carbonyl (C=O) groups is 2. The second kappa shape index (κ2) is 8.29. The molecule has 126 valence electrons. The Balaban J connectivity index is 2.21.